The van der Waals surface area contributed by atoms with E-state index in [-0.39, 0.29) is 18.9 Å². The average molecular weight is 361 g/mol. The number of hydrogen-bond acceptors (Lipinski definition) is 8. The van der Waals surface area contributed by atoms with Crippen LogP contribution in [0.4, 0.5) is 0 Å². The largest absolute Gasteiger partial charge is 0.387 e. The fraction of sp³-hybridized carbons (Fsp3) is 0.714. The Bertz CT molecular complexity index is 625. The van der Waals surface area contributed by atoms with E-state index < -0.39 is 38.0 Å². The lowest BCUT2D eigenvalue weighted by Crippen LogP contribution is -2.38. The summed E-state index contributed by atoms with van der Waals surface area (Å²) >= 11 is 0.967. The van der Waals surface area contributed by atoms with Crippen molar-refractivity contribution in [1.29, 1.82) is 2.67 Å². The molecule has 1 aliphatic heterocycles. The first-order valence-corrected chi connectivity index (χ1v) is 8.44. The first-order chi connectivity index (χ1) is 12.4. The van der Waals surface area contributed by atoms with Gasteiger partial charge in [-0.15, -0.1) is 0 Å². The summed E-state index contributed by atoms with van der Waals surface area (Å²) in [6.45, 7) is 2.31. The molecule has 1 N–H and O–H groups in total. The molecule has 8 nitrogen and oxygen atoms in total. The molecule has 2 unspecified atom stereocenters. The van der Waals surface area contributed by atoms with E-state index in [4.69, 9.17) is 21.1 Å². The monoisotopic (exact) mass is 361 g/mol. The summed E-state index contributed by atoms with van der Waals surface area (Å²) in [4.78, 5) is 16.1. The molecule has 10 heteroatoms. The molecule has 24 heavy (non-hydrogen) atoms. The highest BCUT2D eigenvalue weighted by Gasteiger charge is 2.46. The first kappa shape index (κ1) is 16.6. The van der Waals surface area contributed by atoms with Crippen LogP contribution in [0.5, 0.6) is 0 Å². The Kier molecular flexibility index (Phi) is 6.58. The predicted molar refractivity (Wildman–Crippen MR) is 91.7 cm³/mol. The van der Waals surface area contributed by atoms with Crippen molar-refractivity contribution >= 4 is 19.8 Å². The number of nitrogens with zero attached hydrogens (tertiary/aromatic N) is 2. The summed E-state index contributed by atoms with van der Waals surface area (Å²) in [6, 6.07) is 1.67. The van der Waals surface area contributed by atoms with Gasteiger partial charge in [-0.25, -0.2) is 4.79 Å². The third-order valence-electron chi connectivity index (χ3n) is 3.54. The Morgan fingerprint density at radius 2 is 2.50 bits per heavy atom. The normalized spacial score (nSPS) is 27.8. The van der Waals surface area contributed by atoms with Crippen LogP contribution in [0, 0.1) is 6.92 Å². The van der Waals surface area contributed by atoms with E-state index >= 15 is 0 Å². The van der Waals surface area contributed by atoms with Crippen LogP contribution in [-0.2, 0) is 18.4 Å². The molecule has 1 aliphatic rings. The minimum atomic E-state index is -1.02. The molecule has 0 amide bonds. The van der Waals surface area contributed by atoms with Gasteiger partial charge in [0.05, 0.1) is 19.8 Å². The standard InChI is InChI=1S/C14H23BN2O6S/c1-9-3-4-17(14(19)16-9)13-12(21-6-5-20-2)11(18)10(23-13)7-22-24-8-15/h3-4,10-13,18H,5-8,15H2,1-2H3/t10-,11?,12?,13-/m1/s1/i15TD. The van der Waals surface area contributed by atoms with Gasteiger partial charge in [-0.1, -0.05) is 0 Å². The Hall–Kier alpha value is -0.905. The summed E-state index contributed by atoms with van der Waals surface area (Å²) < 4.78 is 37.3. The lowest BCUT2D eigenvalue weighted by Gasteiger charge is -2.22. The third-order valence-corrected chi connectivity index (χ3v) is 3.98. The lowest BCUT2D eigenvalue weighted by atomic mass is 10.1. The van der Waals surface area contributed by atoms with E-state index in [0.717, 1.165) is 12.0 Å². The van der Waals surface area contributed by atoms with Crippen LogP contribution in [0.3, 0.4) is 0 Å². The zero-order valence-electron chi connectivity index (χ0n) is 15.7. The van der Waals surface area contributed by atoms with E-state index in [2.05, 4.69) is 4.98 Å². The zero-order valence-corrected chi connectivity index (χ0v) is 14.5. The summed E-state index contributed by atoms with van der Waals surface area (Å²) in [6.07, 6.45) is -1.82. The van der Waals surface area contributed by atoms with Gasteiger partial charge in [0.1, 0.15) is 26.1 Å². The summed E-state index contributed by atoms with van der Waals surface area (Å²) in [5, 5.41) is 10.5. The molecule has 0 bridgehead atoms. The van der Waals surface area contributed by atoms with Gasteiger partial charge in [0, 0.05) is 19.0 Å². The molecule has 2 rings (SSSR count). The molecule has 134 valence electrons. The van der Waals surface area contributed by atoms with Crippen molar-refractivity contribution in [2.45, 2.75) is 31.5 Å². The van der Waals surface area contributed by atoms with Crippen LogP contribution < -0.4 is 5.69 Å². The summed E-state index contributed by atoms with van der Waals surface area (Å²) in [5.41, 5.74) is 0.268. The fourth-order valence-corrected chi connectivity index (χ4v) is 2.71. The second kappa shape index (κ2) is 9.55. The molecular formula is C14H23BN2O6S. The lowest BCUT2D eigenvalue weighted by molar-refractivity contribution is -0.0810. The molecule has 0 aliphatic carbocycles. The van der Waals surface area contributed by atoms with Gasteiger partial charge in [0.25, 0.3) is 0 Å². The molecule has 0 saturated carbocycles. The maximum Gasteiger partial charge on any atom is 0.349 e. The summed E-state index contributed by atoms with van der Waals surface area (Å²) in [5.74, 6) is 0. The maximum absolute atomic E-state index is 12.2. The van der Waals surface area contributed by atoms with E-state index in [1.807, 2.05) is 0 Å². The molecule has 2 heterocycles. The third kappa shape index (κ3) is 4.81. The van der Waals surface area contributed by atoms with Gasteiger partial charge in [-0.05, 0) is 33.4 Å². The fourth-order valence-electron chi connectivity index (χ4n) is 2.38. The molecule has 1 saturated heterocycles. The number of aliphatic hydroxyl groups excluding tert-OH is 1. The maximum atomic E-state index is 12.2. The van der Waals surface area contributed by atoms with Crippen LogP contribution in [0.25, 0.3) is 0 Å². The van der Waals surface area contributed by atoms with Crippen molar-refractivity contribution in [3.05, 3.63) is 28.4 Å². The van der Waals surface area contributed by atoms with E-state index in [0.29, 0.717) is 12.3 Å². The molecule has 0 radical (unpaired) electrons. The number of ether oxygens (including phenoxy) is 3. The van der Waals surface area contributed by atoms with E-state index in [1.54, 1.807) is 19.2 Å². The second-order valence-electron chi connectivity index (χ2n) is 5.21. The Morgan fingerprint density at radius 1 is 1.67 bits per heavy atom. The molecule has 1 fully saturated rings. The number of aliphatic hydroxyl groups is 1. The van der Waals surface area contributed by atoms with Crippen molar-refractivity contribution in [3.8, 4) is 0 Å². The van der Waals surface area contributed by atoms with Gasteiger partial charge in [-0.2, -0.15) is 4.98 Å². The second-order valence-corrected chi connectivity index (χ2v) is 6.02. The van der Waals surface area contributed by atoms with Crippen LogP contribution in [0.1, 0.15) is 11.9 Å². The smallest absolute Gasteiger partial charge is 0.349 e. The highest BCUT2D eigenvalue weighted by Crippen LogP contribution is 2.31. The predicted octanol–water partition coefficient (Wildman–Crippen LogP) is -0.903. The highest BCUT2D eigenvalue weighted by molar-refractivity contribution is 7.95. The average Bonchev–Trinajstić information content (AvgIpc) is 2.88. The van der Waals surface area contributed by atoms with Crippen molar-refractivity contribution in [1.82, 2.24) is 9.55 Å². The number of aromatic nitrogens is 2. The number of rotatable bonds is 10. The molecule has 1 aromatic rings. The van der Waals surface area contributed by atoms with Gasteiger partial charge in [0.15, 0.2) is 6.23 Å². The minimum absolute atomic E-state index is 0.0350. The van der Waals surface area contributed by atoms with Gasteiger partial charge in [0.2, 0.25) is 0 Å². The van der Waals surface area contributed by atoms with Crippen molar-refractivity contribution in [3.63, 3.8) is 0 Å². The molecule has 0 aromatic carbocycles. The SMILES string of the molecule is [2H]B([3H])CSOC[C@H]1O[C@@H](n2ccc(C)nc2=O)C(OCCOC)C1O. The van der Waals surface area contributed by atoms with Crippen LogP contribution in [-0.4, -0.2) is 76.0 Å². The molecule has 0 spiro atoms. The number of methoxy groups -OCH3 is 1. The van der Waals surface area contributed by atoms with Crippen LogP contribution in [0.2, 0.25) is 0 Å². The van der Waals surface area contributed by atoms with E-state index in [9.17, 15) is 9.90 Å². The molecular weight excluding hydrogens is 335 g/mol. The Labute approximate surface area is 148 Å². The minimum Gasteiger partial charge on any atom is -0.387 e. The zero-order chi connectivity index (χ0) is 19.1. The quantitative estimate of drug-likeness (QED) is 0.326. The summed E-state index contributed by atoms with van der Waals surface area (Å²) in [7, 11) is 0.542. The van der Waals surface area contributed by atoms with Gasteiger partial charge < -0.3 is 23.5 Å². The van der Waals surface area contributed by atoms with Crippen molar-refractivity contribution < 1.29 is 23.5 Å². The molecule has 4 atom stereocenters. The van der Waals surface area contributed by atoms with Crippen molar-refractivity contribution in [2.75, 3.05) is 32.6 Å². The molecule has 1 aromatic heterocycles. The van der Waals surface area contributed by atoms with Crippen molar-refractivity contribution in [2.24, 2.45) is 0 Å². The first-order valence-electron chi connectivity index (χ1n) is 8.68. The van der Waals surface area contributed by atoms with Gasteiger partial charge >= 0.3 is 5.69 Å². The number of hydrogen-bond donors (Lipinski definition) is 1. The topological polar surface area (TPSA) is 92.0 Å². The van der Waals surface area contributed by atoms with Crippen LogP contribution >= 0.6 is 12.0 Å². The van der Waals surface area contributed by atoms with Gasteiger partial charge in [-0.3, -0.25) is 4.57 Å². The van der Waals surface area contributed by atoms with Crippen LogP contribution in [0.15, 0.2) is 17.1 Å². The van der Waals surface area contributed by atoms with E-state index in [1.165, 1.54) is 11.7 Å². The Balaban J connectivity index is 2.08. The number of aryl methyl sites for hydroxylation is 1. The highest BCUT2D eigenvalue weighted by atomic mass is 32.2. The Morgan fingerprint density at radius 3 is 3.21 bits per heavy atom.